The Morgan fingerprint density at radius 3 is 1.50 bits per heavy atom. The van der Waals surface area contributed by atoms with E-state index in [1.165, 1.54) is 30.3 Å². The van der Waals surface area contributed by atoms with Crippen molar-refractivity contribution in [3.05, 3.63) is 96.6 Å². The van der Waals surface area contributed by atoms with Crippen molar-refractivity contribution in [3.63, 3.8) is 0 Å². The van der Waals surface area contributed by atoms with Crippen LogP contribution in [-0.4, -0.2) is 29.2 Å². The highest BCUT2D eigenvalue weighted by Crippen LogP contribution is 2.48. The van der Waals surface area contributed by atoms with E-state index in [1.54, 1.807) is 0 Å². The van der Waals surface area contributed by atoms with E-state index in [0.717, 1.165) is 44.9 Å². The van der Waals surface area contributed by atoms with Gasteiger partial charge in [0.15, 0.2) is 11.3 Å². The molecule has 2 N–H and O–H groups in total. The summed E-state index contributed by atoms with van der Waals surface area (Å²) in [5, 5.41) is 8.19. The van der Waals surface area contributed by atoms with Crippen LogP contribution in [0.4, 0.5) is 0 Å². The summed E-state index contributed by atoms with van der Waals surface area (Å²) in [5.74, 6) is 0. The SMILES string of the molecule is Cc1c(-c2cnc3c(-c4ccccc4)c[nH]n23)sc2sc(-c3cnc4c(-c5ccccc5)c[nH]n34)c(C)c12. The van der Waals surface area contributed by atoms with Gasteiger partial charge in [-0.05, 0) is 36.1 Å². The Bertz CT molecular complexity index is 1950. The van der Waals surface area contributed by atoms with Crippen LogP contribution in [0.5, 0.6) is 0 Å². The first kappa shape index (κ1) is 21.7. The highest BCUT2D eigenvalue weighted by atomic mass is 32.2. The Morgan fingerprint density at radius 1 is 0.632 bits per heavy atom. The number of nitrogens with one attached hydrogen (secondary N) is 2. The largest absolute Gasteiger partial charge is 0.299 e. The van der Waals surface area contributed by atoms with Crippen molar-refractivity contribution in [2.45, 2.75) is 13.8 Å². The highest BCUT2D eigenvalue weighted by Gasteiger charge is 2.23. The molecule has 2 aromatic carbocycles. The standard InChI is InChI=1S/C30H22N6S2/c1-17-25-18(2)27(24-16-32-29-22(14-34-36(24)29)20-11-7-4-8-12-20)38-30(25)37-26(17)23-15-31-28-21(13-33-35(23)28)19-9-5-3-6-10-19/h3-16,33-34H,1-2H3. The minimum absolute atomic E-state index is 0.947. The van der Waals surface area contributed by atoms with Crippen LogP contribution in [0, 0.1) is 13.8 Å². The molecule has 8 heteroatoms. The molecule has 0 amide bonds. The zero-order chi connectivity index (χ0) is 25.4. The third-order valence-corrected chi connectivity index (χ3v) is 10.1. The maximum absolute atomic E-state index is 4.80. The molecule has 6 heterocycles. The van der Waals surface area contributed by atoms with E-state index >= 15 is 0 Å². The molecule has 8 aromatic rings. The molecule has 0 radical (unpaired) electrons. The van der Waals surface area contributed by atoms with Gasteiger partial charge in [-0.25, -0.2) is 19.0 Å². The molecular formula is C30H22N6S2. The molecule has 0 saturated heterocycles. The summed E-state index contributed by atoms with van der Waals surface area (Å²) in [5.41, 5.74) is 11.2. The second kappa shape index (κ2) is 8.05. The van der Waals surface area contributed by atoms with Gasteiger partial charge in [0.1, 0.15) is 11.4 Å². The normalized spacial score (nSPS) is 11.9. The van der Waals surface area contributed by atoms with Crippen LogP contribution in [0.3, 0.4) is 0 Å². The van der Waals surface area contributed by atoms with Gasteiger partial charge in [0.25, 0.3) is 0 Å². The maximum Gasteiger partial charge on any atom is 0.161 e. The molecule has 8 rings (SSSR count). The van der Waals surface area contributed by atoms with Crippen molar-refractivity contribution in [3.8, 4) is 43.4 Å². The molecule has 38 heavy (non-hydrogen) atoms. The molecule has 0 bridgehead atoms. The number of hydrogen-bond donors (Lipinski definition) is 2. The first-order valence-electron chi connectivity index (χ1n) is 12.4. The number of H-pyrrole nitrogens is 2. The summed E-state index contributed by atoms with van der Waals surface area (Å²) in [4.78, 5) is 12.1. The zero-order valence-corrected chi connectivity index (χ0v) is 22.3. The number of benzene rings is 2. The van der Waals surface area contributed by atoms with Crippen molar-refractivity contribution in [1.82, 2.24) is 29.2 Å². The van der Waals surface area contributed by atoms with Crippen LogP contribution in [0.25, 0.3) is 64.1 Å². The molecule has 0 aliphatic heterocycles. The van der Waals surface area contributed by atoms with E-state index in [9.17, 15) is 0 Å². The number of nitrogens with zero attached hydrogens (tertiary/aromatic N) is 4. The fraction of sp³-hybridized carbons (Fsp3) is 0.0667. The quantitative estimate of drug-likeness (QED) is 0.241. The Labute approximate surface area is 225 Å². The van der Waals surface area contributed by atoms with E-state index < -0.39 is 0 Å². The summed E-state index contributed by atoms with van der Waals surface area (Å²) < 4.78 is 5.52. The predicted molar refractivity (Wildman–Crippen MR) is 157 cm³/mol. The lowest BCUT2D eigenvalue weighted by atomic mass is 10.1. The van der Waals surface area contributed by atoms with Crippen LogP contribution < -0.4 is 0 Å². The number of imidazole rings is 2. The second-order valence-corrected chi connectivity index (χ2v) is 11.8. The molecule has 0 aliphatic rings. The monoisotopic (exact) mass is 530 g/mol. The first-order valence-corrected chi connectivity index (χ1v) is 14.1. The Kier molecular flexibility index (Phi) is 4.59. The van der Waals surface area contributed by atoms with E-state index in [-0.39, 0.29) is 0 Å². The third-order valence-electron chi connectivity index (χ3n) is 7.34. The number of rotatable bonds is 4. The van der Waals surface area contributed by atoms with Gasteiger partial charge in [-0.15, -0.1) is 22.7 Å². The lowest BCUT2D eigenvalue weighted by Crippen LogP contribution is -1.88. The minimum Gasteiger partial charge on any atom is -0.299 e. The topological polar surface area (TPSA) is 66.2 Å². The molecule has 0 atom stereocenters. The van der Waals surface area contributed by atoms with E-state index in [1.807, 2.05) is 59.6 Å². The molecule has 0 fully saturated rings. The molecule has 0 unspecified atom stereocenters. The molecular weight excluding hydrogens is 509 g/mol. The van der Waals surface area contributed by atoms with Gasteiger partial charge in [0.05, 0.1) is 26.2 Å². The maximum atomic E-state index is 4.80. The van der Waals surface area contributed by atoms with Crippen LogP contribution in [0.2, 0.25) is 0 Å². The number of fused-ring (bicyclic) bond motifs is 3. The van der Waals surface area contributed by atoms with Crippen LogP contribution >= 0.6 is 22.7 Å². The Morgan fingerprint density at radius 2 is 1.08 bits per heavy atom. The molecule has 6 nitrogen and oxygen atoms in total. The zero-order valence-electron chi connectivity index (χ0n) is 20.7. The van der Waals surface area contributed by atoms with Gasteiger partial charge < -0.3 is 0 Å². The number of aromatic nitrogens is 6. The van der Waals surface area contributed by atoms with E-state index in [0.29, 0.717) is 0 Å². The molecule has 0 saturated carbocycles. The van der Waals surface area contributed by atoms with Gasteiger partial charge in [0.2, 0.25) is 0 Å². The number of aromatic amines is 2. The molecule has 184 valence electrons. The molecule has 0 aliphatic carbocycles. The van der Waals surface area contributed by atoms with Gasteiger partial charge >= 0.3 is 0 Å². The molecule has 0 spiro atoms. The first-order chi connectivity index (χ1) is 18.7. The summed E-state index contributed by atoms with van der Waals surface area (Å²) in [6.45, 7) is 4.46. The van der Waals surface area contributed by atoms with Crippen molar-refractivity contribution >= 4 is 43.4 Å². The van der Waals surface area contributed by atoms with Gasteiger partial charge in [-0.2, -0.15) is 0 Å². The lowest BCUT2D eigenvalue weighted by molar-refractivity contribution is 0.982. The van der Waals surface area contributed by atoms with Gasteiger partial charge in [-0.1, -0.05) is 60.7 Å². The van der Waals surface area contributed by atoms with Crippen molar-refractivity contribution in [2.24, 2.45) is 0 Å². The average Bonchev–Trinajstić information content (AvgIpc) is 3.77. The fourth-order valence-corrected chi connectivity index (χ4v) is 8.34. The summed E-state index contributed by atoms with van der Waals surface area (Å²) >= 11 is 3.68. The second-order valence-electron chi connectivity index (χ2n) is 9.49. The van der Waals surface area contributed by atoms with Gasteiger partial charge in [-0.3, -0.25) is 10.2 Å². The fourth-order valence-electron chi connectivity index (χ4n) is 5.48. The van der Waals surface area contributed by atoms with Crippen LogP contribution in [-0.2, 0) is 0 Å². The summed E-state index contributed by atoms with van der Waals surface area (Å²) in [6.07, 6.45) is 8.06. The molecule has 6 aromatic heterocycles. The summed E-state index contributed by atoms with van der Waals surface area (Å²) in [7, 11) is 0. The average molecular weight is 531 g/mol. The van der Waals surface area contributed by atoms with E-state index in [2.05, 4.69) is 81.6 Å². The Hall–Kier alpha value is -4.40. The predicted octanol–water partition coefficient (Wildman–Crippen LogP) is 8.20. The number of thiophene rings is 2. The third kappa shape index (κ3) is 2.98. The summed E-state index contributed by atoms with van der Waals surface area (Å²) in [6, 6.07) is 20.8. The highest BCUT2D eigenvalue weighted by molar-refractivity contribution is 7.41. The van der Waals surface area contributed by atoms with Crippen molar-refractivity contribution < 1.29 is 0 Å². The minimum atomic E-state index is 0.947. The Balaban J connectivity index is 1.23. The number of aryl methyl sites for hydroxylation is 2. The smallest absolute Gasteiger partial charge is 0.161 e. The van der Waals surface area contributed by atoms with Crippen LogP contribution in [0.15, 0.2) is 85.5 Å². The number of hydrogen-bond acceptors (Lipinski definition) is 4. The lowest BCUT2D eigenvalue weighted by Gasteiger charge is -2.01. The van der Waals surface area contributed by atoms with Crippen molar-refractivity contribution in [2.75, 3.05) is 0 Å². The van der Waals surface area contributed by atoms with Gasteiger partial charge in [0, 0.05) is 28.9 Å². The van der Waals surface area contributed by atoms with Crippen LogP contribution in [0.1, 0.15) is 11.1 Å². The van der Waals surface area contributed by atoms with Crippen molar-refractivity contribution in [1.29, 1.82) is 0 Å². The van der Waals surface area contributed by atoms with E-state index in [4.69, 9.17) is 9.97 Å².